The van der Waals surface area contributed by atoms with Crippen molar-refractivity contribution >= 4 is 12.6 Å². The van der Waals surface area contributed by atoms with E-state index in [9.17, 15) is 0 Å². The van der Waals surface area contributed by atoms with Crippen molar-refractivity contribution in [1.82, 2.24) is 19.9 Å². The second-order valence-corrected chi connectivity index (χ2v) is 15.6. The highest BCUT2D eigenvalue weighted by Crippen LogP contribution is 2.37. The SMILES string of the molecule is CC(C)(C)c1ccc(-c2nc(-c3ccc(C(C)(C)C)cc3)nc(-c3ccc(-c4cccc(B5OC(C)(C)C(C)(C)O5)c4)nc3)n2)cc1. The van der Waals surface area contributed by atoms with Crippen molar-refractivity contribution in [1.29, 1.82) is 0 Å². The van der Waals surface area contributed by atoms with Gasteiger partial charge >= 0.3 is 7.12 Å². The Bertz CT molecular complexity index is 1790. The number of hydrogen-bond donors (Lipinski definition) is 0. The lowest BCUT2D eigenvalue weighted by atomic mass is 9.78. The minimum Gasteiger partial charge on any atom is -0.399 e. The lowest BCUT2D eigenvalue weighted by Crippen LogP contribution is -2.41. The first-order valence-electron chi connectivity index (χ1n) is 16.4. The number of aromatic nitrogens is 4. The number of pyridine rings is 1. The number of rotatable bonds is 5. The van der Waals surface area contributed by atoms with E-state index in [1.165, 1.54) is 11.1 Å². The summed E-state index contributed by atoms with van der Waals surface area (Å²) in [6, 6.07) is 29.3. The van der Waals surface area contributed by atoms with Crippen molar-refractivity contribution in [2.45, 2.75) is 91.3 Å². The van der Waals surface area contributed by atoms with E-state index in [1.54, 1.807) is 0 Å². The van der Waals surface area contributed by atoms with Gasteiger partial charge in [0.2, 0.25) is 0 Å². The number of hydrogen-bond acceptors (Lipinski definition) is 6. The van der Waals surface area contributed by atoms with Crippen LogP contribution < -0.4 is 5.46 Å². The zero-order valence-corrected chi connectivity index (χ0v) is 29.3. The van der Waals surface area contributed by atoms with Gasteiger partial charge in [0.15, 0.2) is 17.5 Å². The van der Waals surface area contributed by atoms with Crippen molar-refractivity contribution in [3.63, 3.8) is 0 Å². The van der Waals surface area contributed by atoms with Crippen molar-refractivity contribution < 1.29 is 9.31 Å². The zero-order valence-electron chi connectivity index (χ0n) is 29.3. The molecule has 0 saturated carbocycles. The molecule has 3 aromatic carbocycles. The largest absolute Gasteiger partial charge is 0.494 e. The molecule has 0 spiro atoms. The third-order valence-electron chi connectivity index (χ3n) is 9.38. The Balaban J connectivity index is 1.35. The first-order valence-corrected chi connectivity index (χ1v) is 16.4. The first-order chi connectivity index (χ1) is 22.0. The lowest BCUT2D eigenvalue weighted by molar-refractivity contribution is 0.00578. The van der Waals surface area contributed by atoms with E-state index in [0.29, 0.717) is 17.5 Å². The highest BCUT2D eigenvalue weighted by Gasteiger charge is 2.51. The van der Waals surface area contributed by atoms with E-state index < -0.39 is 18.3 Å². The van der Waals surface area contributed by atoms with E-state index in [-0.39, 0.29) is 10.8 Å². The van der Waals surface area contributed by atoms with E-state index in [2.05, 4.69) is 130 Å². The summed E-state index contributed by atoms with van der Waals surface area (Å²) in [6.45, 7) is 21.6. The van der Waals surface area contributed by atoms with Crippen molar-refractivity contribution in [2.75, 3.05) is 0 Å². The molecule has 0 unspecified atom stereocenters. The van der Waals surface area contributed by atoms with E-state index in [0.717, 1.165) is 33.4 Å². The average molecular weight is 625 g/mol. The average Bonchev–Trinajstić information content (AvgIpc) is 3.26. The predicted octanol–water partition coefficient (Wildman–Crippen LogP) is 8.83. The van der Waals surface area contributed by atoms with Crippen LogP contribution in [0.4, 0.5) is 0 Å². The van der Waals surface area contributed by atoms with E-state index in [4.69, 9.17) is 29.2 Å². The zero-order chi connectivity index (χ0) is 33.8. The van der Waals surface area contributed by atoms with Crippen LogP contribution >= 0.6 is 0 Å². The third-order valence-corrected chi connectivity index (χ3v) is 9.38. The summed E-state index contributed by atoms with van der Waals surface area (Å²) in [5, 5.41) is 0. The van der Waals surface area contributed by atoms with Crippen LogP contribution in [-0.2, 0) is 20.1 Å². The topological polar surface area (TPSA) is 70.0 Å². The second-order valence-electron chi connectivity index (χ2n) is 15.6. The van der Waals surface area contributed by atoms with Crippen LogP contribution in [-0.4, -0.2) is 38.3 Å². The molecule has 0 bridgehead atoms. The standard InChI is InChI=1S/C40H45BN4O2/c1-37(2,3)30-19-14-26(15-20-30)34-43-35(27-16-21-31(22-17-27)38(4,5)6)45-36(44-34)29-18-23-33(42-25-29)28-12-11-13-32(24-28)41-46-39(7,8)40(9,10)47-41/h11-25H,1-10H3. The Morgan fingerprint density at radius 3 is 1.40 bits per heavy atom. The molecule has 5 aromatic rings. The number of benzene rings is 3. The summed E-state index contributed by atoms with van der Waals surface area (Å²) in [5.41, 5.74) is 7.32. The molecule has 240 valence electrons. The molecule has 2 aromatic heterocycles. The smallest absolute Gasteiger partial charge is 0.399 e. The number of nitrogens with zero attached hydrogens (tertiary/aromatic N) is 4. The van der Waals surface area contributed by atoms with Gasteiger partial charge in [-0.3, -0.25) is 4.98 Å². The van der Waals surface area contributed by atoms with Crippen LogP contribution in [0.15, 0.2) is 91.1 Å². The van der Waals surface area contributed by atoms with Crippen LogP contribution in [0.1, 0.15) is 80.4 Å². The maximum atomic E-state index is 6.29. The predicted molar refractivity (Wildman–Crippen MR) is 192 cm³/mol. The monoisotopic (exact) mass is 624 g/mol. The van der Waals surface area contributed by atoms with Gasteiger partial charge in [-0.05, 0) is 72.8 Å². The van der Waals surface area contributed by atoms with Gasteiger partial charge in [-0.1, -0.05) is 114 Å². The molecule has 47 heavy (non-hydrogen) atoms. The highest BCUT2D eigenvalue weighted by atomic mass is 16.7. The Morgan fingerprint density at radius 2 is 0.979 bits per heavy atom. The van der Waals surface area contributed by atoms with Crippen molar-refractivity contribution in [2.24, 2.45) is 0 Å². The van der Waals surface area contributed by atoms with Gasteiger partial charge in [0.1, 0.15) is 0 Å². The van der Waals surface area contributed by atoms with Crippen LogP contribution in [0.3, 0.4) is 0 Å². The van der Waals surface area contributed by atoms with Gasteiger partial charge in [-0.25, -0.2) is 15.0 Å². The van der Waals surface area contributed by atoms with Gasteiger partial charge in [0, 0.05) is 22.9 Å². The molecule has 1 fully saturated rings. The van der Waals surface area contributed by atoms with Crippen molar-refractivity contribution in [3.8, 4) is 45.4 Å². The molecule has 0 aliphatic carbocycles. The highest BCUT2D eigenvalue weighted by molar-refractivity contribution is 6.62. The molecule has 1 aliphatic rings. The Labute approximate surface area is 280 Å². The molecule has 1 saturated heterocycles. The fourth-order valence-electron chi connectivity index (χ4n) is 5.52. The normalized spacial score (nSPS) is 16.0. The van der Waals surface area contributed by atoms with E-state index in [1.807, 2.05) is 30.5 Å². The molecule has 7 heteroatoms. The van der Waals surface area contributed by atoms with Gasteiger partial charge < -0.3 is 9.31 Å². The van der Waals surface area contributed by atoms with Crippen LogP contribution in [0.5, 0.6) is 0 Å². The molecule has 0 amide bonds. The summed E-state index contributed by atoms with van der Waals surface area (Å²) in [7, 11) is -0.434. The molecule has 0 N–H and O–H groups in total. The molecule has 6 rings (SSSR count). The van der Waals surface area contributed by atoms with E-state index >= 15 is 0 Å². The Morgan fingerprint density at radius 1 is 0.532 bits per heavy atom. The van der Waals surface area contributed by atoms with Crippen LogP contribution in [0.2, 0.25) is 0 Å². The summed E-state index contributed by atoms with van der Waals surface area (Å²) in [5.74, 6) is 1.84. The molecule has 1 aliphatic heterocycles. The molecule has 3 heterocycles. The quantitative estimate of drug-likeness (QED) is 0.182. The summed E-state index contributed by atoms with van der Waals surface area (Å²) < 4.78 is 12.6. The van der Waals surface area contributed by atoms with Gasteiger partial charge in [-0.15, -0.1) is 0 Å². The van der Waals surface area contributed by atoms with Gasteiger partial charge in [0.05, 0.1) is 16.9 Å². The lowest BCUT2D eigenvalue weighted by Gasteiger charge is -2.32. The maximum absolute atomic E-state index is 6.29. The summed E-state index contributed by atoms with van der Waals surface area (Å²) in [4.78, 5) is 19.7. The molecule has 0 atom stereocenters. The first kappa shape index (κ1) is 32.7. The fraction of sp³-hybridized carbons (Fsp3) is 0.350. The van der Waals surface area contributed by atoms with Gasteiger partial charge in [-0.2, -0.15) is 0 Å². The Kier molecular flexibility index (Phi) is 8.22. The molecule has 6 nitrogen and oxygen atoms in total. The fourth-order valence-corrected chi connectivity index (χ4v) is 5.52. The van der Waals surface area contributed by atoms with Crippen LogP contribution in [0.25, 0.3) is 45.4 Å². The molecular formula is C40H45BN4O2. The minimum absolute atomic E-state index is 0.0556. The van der Waals surface area contributed by atoms with Gasteiger partial charge in [0.25, 0.3) is 0 Å². The second kappa shape index (κ2) is 11.8. The third kappa shape index (κ3) is 6.78. The minimum atomic E-state index is -0.434. The van der Waals surface area contributed by atoms with Crippen molar-refractivity contribution in [3.05, 3.63) is 102 Å². The van der Waals surface area contributed by atoms with Crippen LogP contribution in [0, 0.1) is 0 Å². The molecular weight excluding hydrogens is 579 g/mol. The summed E-state index contributed by atoms with van der Waals surface area (Å²) in [6.07, 6.45) is 1.84. The summed E-state index contributed by atoms with van der Waals surface area (Å²) >= 11 is 0. The Hall–Kier alpha value is -4.20. The maximum Gasteiger partial charge on any atom is 0.494 e. The molecule has 0 radical (unpaired) electrons.